The number of anilines is 1. The van der Waals surface area contributed by atoms with Crippen LogP contribution in [0.15, 0.2) is 72.3 Å². The first kappa shape index (κ1) is 16.7. The van der Waals surface area contributed by atoms with Crippen LogP contribution >= 0.6 is 0 Å². The van der Waals surface area contributed by atoms with E-state index in [9.17, 15) is 18.8 Å². The average Bonchev–Trinajstić information content (AvgIpc) is 2.66. The van der Waals surface area contributed by atoms with Crippen LogP contribution in [-0.4, -0.2) is 17.8 Å². The Bertz CT molecular complexity index is 1110. The molecule has 1 aliphatic rings. The van der Waals surface area contributed by atoms with E-state index in [2.05, 4.69) is 5.32 Å². The predicted octanol–water partition coefficient (Wildman–Crippen LogP) is 3.65. The fourth-order valence-corrected chi connectivity index (χ4v) is 3.01. The van der Waals surface area contributed by atoms with Crippen LogP contribution in [0.4, 0.5) is 14.9 Å². The highest BCUT2D eigenvalue weighted by Crippen LogP contribution is 2.29. The van der Waals surface area contributed by atoms with E-state index < -0.39 is 23.7 Å². The van der Waals surface area contributed by atoms with Crippen LogP contribution in [0.5, 0.6) is 0 Å². The maximum absolute atomic E-state index is 13.1. The predicted molar refractivity (Wildman–Crippen MR) is 99.3 cm³/mol. The topological polar surface area (TPSA) is 66.5 Å². The number of carbonyl (C=O) groups excluding carboxylic acids is 3. The number of imide groups is 2. The molecule has 0 aromatic heterocycles. The standard InChI is InChI=1S/C21H13FN2O3/c22-15-10-8-13(9-11-15)12-17-19(25)23-21(27)24(20(17)26)18-7-3-5-14-4-1-2-6-16(14)18/h1-12H,(H,23,25,27). The van der Waals surface area contributed by atoms with Crippen LogP contribution in [-0.2, 0) is 9.59 Å². The minimum atomic E-state index is -0.808. The van der Waals surface area contributed by atoms with Crippen LogP contribution in [0.1, 0.15) is 5.56 Å². The zero-order chi connectivity index (χ0) is 19.0. The van der Waals surface area contributed by atoms with Gasteiger partial charge in [-0.25, -0.2) is 14.1 Å². The zero-order valence-electron chi connectivity index (χ0n) is 14.0. The molecule has 0 aliphatic carbocycles. The van der Waals surface area contributed by atoms with Crippen molar-refractivity contribution in [1.82, 2.24) is 5.32 Å². The van der Waals surface area contributed by atoms with Gasteiger partial charge in [0.25, 0.3) is 11.8 Å². The number of hydrogen-bond acceptors (Lipinski definition) is 3. The first-order valence-electron chi connectivity index (χ1n) is 8.19. The highest BCUT2D eigenvalue weighted by atomic mass is 19.1. The smallest absolute Gasteiger partial charge is 0.273 e. The zero-order valence-corrected chi connectivity index (χ0v) is 14.0. The largest absolute Gasteiger partial charge is 0.335 e. The molecule has 132 valence electrons. The molecule has 0 spiro atoms. The van der Waals surface area contributed by atoms with Crippen molar-refractivity contribution in [2.24, 2.45) is 0 Å². The van der Waals surface area contributed by atoms with E-state index in [4.69, 9.17) is 0 Å². The van der Waals surface area contributed by atoms with Gasteiger partial charge in [0, 0.05) is 5.39 Å². The number of rotatable bonds is 2. The van der Waals surface area contributed by atoms with Gasteiger partial charge in [-0.15, -0.1) is 0 Å². The maximum atomic E-state index is 13.1. The normalized spacial score (nSPS) is 16.1. The van der Waals surface area contributed by atoms with Gasteiger partial charge in [0.05, 0.1) is 5.69 Å². The summed E-state index contributed by atoms with van der Waals surface area (Å²) in [5, 5.41) is 3.75. The first-order chi connectivity index (χ1) is 13.0. The van der Waals surface area contributed by atoms with E-state index in [1.165, 1.54) is 30.3 Å². The molecule has 27 heavy (non-hydrogen) atoms. The van der Waals surface area contributed by atoms with Gasteiger partial charge in [0.2, 0.25) is 0 Å². The van der Waals surface area contributed by atoms with Gasteiger partial charge in [-0.2, -0.15) is 0 Å². The Morgan fingerprint density at radius 1 is 0.852 bits per heavy atom. The molecule has 1 heterocycles. The molecule has 1 saturated heterocycles. The van der Waals surface area contributed by atoms with Gasteiger partial charge >= 0.3 is 6.03 Å². The lowest BCUT2D eigenvalue weighted by Gasteiger charge is -2.27. The Morgan fingerprint density at radius 2 is 1.56 bits per heavy atom. The van der Waals surface area contributed by atoms with Crippen molar-refractivity contribution >= 4 is 40.4 Å². The van der Waals surface area contributed by atoms with E-state index >= 15 is 0 Å². The van der Waals surface area contributed by atoms with Crippen molar-refractivity contribution in [3.05, 3.63) is 83.7 Å². The van der Waals surface area contributed by atoms with Crippen LogP contribution in [0.3, 0.4) is 0 Å². The minimum absolute atomic E-state index is 0.200. The second-order valence-corrected chi connectivity index (χ2v) is 6.01. The molecule has 4 rings (SSSR count). The molecule has 0 unspecified atom stereocenters. The molecule has 4 amide bonds. The van der Waals surface area contributed by atoms with Crippen molar-refractivity contribution in [3.8, 4) is 0 Å². The summed E-state index contributed by atoms with van der Waals surface area (Å²) < 4.78 is 13.1. The fraction of sp³-hybridized carbons (Fsp3) is 0. The number of amides is 4. The molecule has 0 atom stereocenters. The van der Waals surface area contributed by atoms with Crippen LogP contribution in [0, 0.1) is 5.82 Å². The van der Waals surface area contributed by atoms with Crippen molar-refractivity contribution in [2.75, 3.05) is 4.90 Å². The van der Waals surface area contributed by atoms with E-state index in [0.717, 1.165) is 10.3 Å². The third kappa shape index (κ3) is 2.97. The minimum Gasteiger partial charge on any atom is -0.273 e. The number of halogens is 1. The molecule has 0 bridgehead atoms. The second kappa shape index (κ2) is 6.49. The summed E-state index contributed by atoms with van der Waals surface area (Å²) in [7, 11) is 0. The molecular formula is C21H13FN2O3. The summed E-state index contributed by atoms with van der Waals surface area (Å²) >= 11 is 0. The van der Waals surface area contributed by atoms with Gasteiger partial charge < -0.3 is 0 Å². The van der Waals surface area contributed by atoms with Crippen LogP contribution < -0.4 is 10.2 Å². The van der Waals surface area contributed by atoms with Gasteiger partial charge in [0.15, 0.2) is 0 Å². The molecule has 6 heteroatoms. The molecule has 0 saturated carbocycles. The number of nitrogens with one attached hydrogen (secondary N) is 1. The summed E-state index contributed by atoms with van der Waals surface area (Å²) in [6.07, 6.45) is 1.33. The van der Waals surface area contributed by atoms with Crippen LogP contribution in [0.25, 0.3) is 16.8 Å². The lowest BCUT2D eigenvalue weighted by molar-refractivity contribution is -0.122. The Labute approximate surface area is 153 Å². The van der Waals surface area contributed by atoms with E-state index in [1.54, 1.807) is 24.3 Å². The molecule has 1 N–H and O–H groups in total. The van der Waals surface area contributed by atoms with Crippen molar-refractivity contribution in [1.29, 1.82) is 0 Å². The summed E-state index contributed by atoms with van der Waals surface area (Å²) in [6, 6.07) is 17.1. The maximum Gasteiger partial charge on any atom is 0.335 e. The number of carbonyl (C=O) groups is 3. The lowest BCUT2D eigenvalue weighted by Crippen LogP contribution is -2.54. The Balaban J connectivity index is 1.81. The number of urea groups is 1. The van der Waals surface area contributed by atoms with Gasteiger partial charge in [-0.1, -0.05) is 48.5 Å². The van der Waals surface area contributed by atoms with Gasteiger partial charge in [0.1, 0.15) is 11.4 Å². The third-order valence-electron chi connectivity index (χ3n) is 4.29. The lowest BCUT2D eigenvalue weighted by atomic mass is 10.0. The Hall–Kier alpha value is -3.80. The molecule has 3 aromatic carbocycles. The summed E-state index contributed by atoms with van der Waals surface area (Å²) in [4.78, 5) is 38.5. The molecule has 3 aromatic rings. The molecule has 1 aliphatic heterocycles. The first-order valence-corrected chi connectivity index (χ1v) is 8.19. The second-order valence-electron chi connectivity index (χ2n) is 6.01. The Morgan fingerprint density at radius 3 is 2.33 bits per heavy atom. The number of fused-ring (bicyclic) bond motifs is 1. The quantitative estimate of drug-likeness (QED) is 0.560. The summed E-state index contributed by atoms with van der Waals surface area (Å²) in [5.74, 6) is -1.95. The van der Waals surface area contributed by atoms with E-state index in [1.807, 2.05) is 18.2 Å². The summed E-state index contributed by atoms with van der Waals surface area (Å²) in [5.41, 5.74) is 0.657. The summed E-state index contributed by atoms with van der Waals surface area (Å²) in [6.45, 7) is 0. The SMILES string of the molecule is O=C1NC(=O)N(c2cccc3ccccc23)C(=O)C1=Cc1ccc(F)cc1. The third-order valence-corrected chi connectivity index (χ3v) is 4.29. The van der Waals surface area contributed by atoms with Gasteiger partial charge in [-0.3, -0.25) is 14.9 Å². The van der Waals surface area contributed by atoms with E-state index in [0.29, 0.717) is 16.6 Å². The molecule has 0 radical (unpaired) electrons. The van der Waals surface area contributed by atoms with Crippen molar-refractivity contribution in [3.63, 3.8) is 0 Å². The van der Waals surface area contributed by atoms with Crippen molar-refractivity contribution in [2.45, 2.75) is 0 Å². The highest BCUT2D eigenvalue weighted by Gasteiger charge is 2.37. The molecular weight excluding hydrogens is 347 g/mol. The fourth-order valence-electron chi connectivity index (χ4n) is 3.01. The monoisotopic (exact) mass is 360 g/mol. The highest BCUT2D eigenvalue weighted by molar-refractivity contribution is 6.40. The van der Waals surface area contributed by atoms with E-state index in [-0.39, 0.29) is 5.57 Å². The number of hydrogen-bond donors (Lipinski definition) is 1. The number of nitrogens with zero attached hydrogens (tertiary/aromatic N) is 1. The van der Waals surface area contributed by atoms with Crippen molar-refractivity contribution < 1.29 is 18.8 Å². The van der Waals surface area contributed by atoms with Gasteiger partial charge in [-0.05, 0) is 35.2 Å². The van der Waals surface area contributed by atoms with Crippen LogP contribution in [0.2, 0.25) is 0 Å². The Kier molecular flexibility index (Phi) is 4.01. The molecule has 5 nitrogen and oxygen atoms in total. The number of benzene rings is 3. The average molecular weight is 360 g/mol. The molecule has 1 fully saturated rings. The number of barbiturate groups is 1.